The van der Waals surface area contributed by atoms with Crippen molar-refractivity contribution in [2.45, 2.75) is 32.7 Å². The highest BCUT2D eigenvalue weighted by Crippen LogP contribution is 2.16. The molecule has 104 valence electrons. The van der Waals surface area contributed by atoms with Gasteiger partial charge in [0.15, 0.2) is 0 Å². The molecule has 0 radical (unpaired) electrons. The van der Waals surface area contributed by atoms with Crippen LogP contribution in [-0.4, -0.2) is 30.1 Å². The van der Waals surface area contributed by atoms with Crippen LogP contribution in [0.25, 0.3) is 0 Å². The van der Waals surface area contributed by atoms with E-state index in [-0.39, 0.29) is 11.7 Å². The summed E-state index contributed by atoms with van der Waals surface area (Å²) in [5.41, 5.74) is 1.43. The number of amides is 1. The molecule has 19 heavy (non-hydrogen) atoms. The lowest BCUT2D eigenvalue weighted by Gasteiger charge is -2.27. The molecule has 4 nitrogen and oxygen atoms in total. The van der Waals surface area contributed by atoms with Crippen molar-refractivity contribution in [3.8, 4) is 5.75 Å². The third-order valence-corrected chi connectivity index (χ3v) is 3.77. The first-order valence-corrected chi connectivity index (χ1v) is 6.87. The first kappa shape index (κ1) is 13.9. The summed E-state index contributed by atoms with van der Waals surface area (Å²) in [4.78, 5) is 12.1. The molecule has 0 spiro atoms. The van der Waals surface area contributed by atoms with Crippen molar-refractivity contribution in [2.75, 3.05) is 13.1 Å². The van der Waals surface area contributed by atoms with Crippen LogP contribution in [0.15, 0.2) is 18.2 Å². The lowest BCUT2D eigenvalue weighted by Crippen LogP contribution is -2.42. The molecule has 1 heterocycles. The molecular formula is C15H22N2O2. The van der Waals surface area contributed by atoms with E-state index in [1.54, 1.807) is 18.2 Å². The number of carbonyl (C=O) groups is 1. The molecule has 1 amide bonds. The van der Waals surface area contributed by atoms with Gasteiger partial charge in [-0.15, -0.1) is 0 Å². The van der Waals surface area contributed by atoms with E-state index < -0.39 is 0 Å². The summed E-state index contributed by atoms with van der Waals surface area (Å²) in [6, 6.07) is 5.41. The summed E-state index contributed by atoms with van der Waals surface area (Å²) in [6.07, 6.45) is 2.32. The fourth-order valence-corrected chi connectivity index (χ4v) is 2.47. The number of benzene rings is 1. The Balaban J connectivity index is 1.87. The Morgan fingerprint density at radius 3 is 2.89 bits per heavy atom. The predicted octanol–water partition coefficient (Wildman–Crippen LogP) is 1.82. The first-order valence-electron chi connectivity index (χ1n) is 6.87. The Morgan fingerprint density at radius 2 is 2.26 bits per heavy atom. The highest BCUT2D eigenvalue weighted by atomic mass is 16.3. The van der Waals surface area contributed by atoms with Crippen molar-refractivity contribution in [1.82, 2.24) is 10.6 Å². The second-order valence-electron chi connectivity index (χ2n) is 5.46. The maximum atomic E-state index is 12.1. The number of rotatable bonds is 3. The van der Waals surface area contributed by atoms with E-state index >= 15 is 0 Å². The van der Waals surface area contributed by atoms with Gasteiger partial charge in [-0.3, -0.25) is 4.79 Å². The molecule has 2 atom stereocenters. The molecule has 1 saturated heterocycles. The summed E-state index contributed by atoms with van der Waals surface area (Å²) in [7, 11) is 0. The van der Waals surface area contributed by atoms with Crippen LogP contribution in [0.4, 0.5) is 0 Å². The number of nitrogens with one attached hydrogen (secondary N) is 2. The molecule has 3 N–H and O–H groups in total. The molecule has 0 saturated carbocycles. The maximum Gasteiger partial charge on any atom is 0.251 e. The second-order valence-corrected chi connectivity index (χ2v) is 5.46. The Labute approximate surface area is 114 Å². The van der Waals surface area contributed by atoms with Crippen LogP contribution in [0.3, 0.4) is 0 Å². The van der Waals surface area contributed by atoms with Crippen molar-refractivity contribution in [3.63, 3.8) is 0 Å². The van der Waals surface area contributed by atoms with Crippen molar-refractivity contribution < 1.29 is 9.90 Å². The molecule has 2 unspecified atom stereocenters. The highest BCUT2D eigenvalue weighted by molar-refractivity contribution is 5.95. The van der Waals surface area contributed by atoms with Gasteiger partial charge in [0.2, 0.25) is 0 Å². The largest absolute Gasteiger partial charge is 0.508 e. The zero-order valence-electron chi connectivity index (χ0n) is 11.6. The van der Waals surface area contributed by atoms with Crippen LogP contribution in [0.2, 0.25) is 0 Å². The number of carbonyl (C=O) groups excluding carboxylic acids is 1. The first-order chi connectivity index (χ1) is 9.06. The van der Waals surface area contributed by atoms with Crippen molar-refractivity contribution in [2.24, 2.45) is 5.92 Å². The number of phenols is 1. The van der Waals surface area contributed by atoms with Crippen LogP contribution in [0.1, 0.15) is 35.7 Å². The molecule has 1 aliphatic rings. The Hall–Kier alpha value is -1.55. The zero-order valence-corrected chi connectivity index (χ0v) is 11.6. The van der Waals surface area contributed by atoms with Crippen molar-refractivity contribution in [1.29, 1.82) is 0 Å². The minimum absolute atomic E-state index is 0.0591. The molecule has 1 fully saturated rings. The van der Waals surface area contributed by atoms with Crippen LogP contribution >= 0.6 is 0 Å². The van der Waals surface area contributed by atoms with Crippen LogP contribution in [0, 0.1) is 12.8 Å². The van der Waals surface area contributed by atoms with Crippen molar-refractivity contribution >= 4 is 5.91 Å². The number of hydrogen-bond acceptors (Lipinski definition) is 3. The van der Waals surface area contributed by atoms with Crippen LogP contribution in [0.5, 0.6) is 5.75 Å². The average molecular weight is 262 g/mol. The SMILES string of the molecule is Cc1cc(O)ccc1C(=O)NCC1CCC(C)NC1. The third-order valence-electron chi connectivity index (χ3n) is 3.77. The molecule has 1 aromatic carbocycles. The van der Waals surface area contributed by atoms with Gasteiger partial charge in [0.1, 0.15) is 5.75 Å². The standard InChI is InChI=1S/C15H22N2O2/c1-10-7-13(18)5-6-14(10)15(19)17-9-12-4-3-11(2)16-8-12/h5-7,11-12,16,18H,3-4,8-9H2,1-2H3,(H,17,19). The van der Waals surface area contributed by atoms with Gasteiger partial charge < -0.3 is 15.7 Å². The molecule has 1 aliphatic heterocycles. The van der Waals surface area contributed by atoms with Gasteiger partial charge >= 0.3 is 0 Å². The molecule has 4 heteroatoms. The van der Waals surface area contributed by atoms with E-state index in [9.17, 15) is 9.90 Å². The molecule has 1 aromatic rings. The molecular weight excluding hydrogens is 240 g/mol. The Kier molecular flexibility index (Phi) is 4.43. The zero-order chi connectivity index (χ0) is 13.8. The molecule has 0 bridgehead atoms. The number of aryl methyl sites for hydroxylation is 1. The van der Waals surface area contributed by atoms with Gasteiger partial charge in [-0.25, -0.2) is 0 Å². The third kappa shape index (κ3) is 3.70. The summed E-state index contributed by atoms with van der Waals surface area (Å²) in [5.74, 6) is 0.646. The fraction of sp³-hybridized carbons (Fsp3) is 0.533. The molecule has 0 aliphatic carbocycles. The monoisotopic (exact) mass is 262 g/mol. The molecule has 2 rings (SSSR count). The van der Waals surface area contributed by atoms with Crippen molar-refractivity contribution in [3.05, 3.63) is 29.3 Å². The Morgan fingerprint density at radius 1 is 1.47 bits per heavy atom. The minimum atomic E-state index is -0.0591. The van der Waals surface area contributed by atoms with Gasteiger partial charge in [-0.2, -0.15) is 0 Å². The van der Waals surface area contributed by atoms with Gasteiger partial charge in [0.05, 0.1) is 0 Å². The van der Waals surface area contributed by atoms with Gasteiger partial charge in [-0.1, -0.05) is 0 Å². The fourth-order valence-electron chi connectivity index (χ4n) is 2.47. The van der Waals surface area contributed by atoms with E-state index in [1.807, 2.05) is 6.92 Å². The average Bonchev–Trinajstić information content (AvgIpc) is 2.37. The maximum absolute atomic E-state index is 12.1. The van der Waals surface area contributed by atoms with Gasteiger partial charge in [0.25, 0.3) is 5.91 Å². The van der Waals surface area contributed by atoms with E-state index in [4.69, 9.17) is 0 Å². The van der Waals surface area contributed by atoms with Gasteiger partial charge in [-0.05, 0) is 62.9 Å². The number of phenolic OH excluding ortho intramolecular Hbond substituents is 1. The van der Waals surface area contributed by atoms with Crippen LogP contribution in [-0.2, 0) is 0 Å². The van der Waals surface area contributed by atoms with Crippen LogP contribution < -0.4 is 10.6 Å². The summed E-state index contributed by atoms with van der Waals surface area (Å²) < 4.78 is 0. The normalized spacial score (nSPS) is 23.1. The van der Waals surface area contributed by atoms with E-state index in [0.29, 0.717) is 24.1 Å². The number of hydrogen-bond donors (Lipinski definition) is 3. The number of piperidine rings is 1. The topological polar surface area (TPSA) is 61.4 Å². The lowest BCUT2D eigenvalue weighted by atomic mass is 9.95. The smallest absolute Gasteiger partial charge is 0.251 e. The molecule has 0 aromatic heterocycles. The summed E-state index contributed by atoms with van der Waals surface area (Å²) in [6.45, 7) is 5.70. The minimum Gasteiger partial charge on any atom is -0.508 e. The summed E-state index contributed by atoms with van der Waals surface area (Å²) in [5, 5.41) is 15.8. The van der Waals surface area contributed by atoms with Gasteiger partial charge in [0, 0.05) is 18.2 Å². The number of aromatic hydroxyl groups is 1. The lowest BCUT2D eigenvalue weighted by molar-refractivity contribution is 0.0943. The summed E-state index contributed by atoms with van der Waals surface area (Å²) >= 11 is 0. The van der Waals surface area contributed by atoms with E-state index in [0.717, 1.165) is 18.5 Å². The highest BCUT2D eigenvalue weighted by Gasteiger charge is 2.18. The van der Waals surface area contributed by atoms with E-state index in [1.165, 1.54) is 6.42 Å². The predicted molar refractivity (Wildman–Crippen MR) is 75.4 cm³/mol. The second kappa shape index (κ2) is 6.06. The van der Waals surface area contributed by atoms with E-state index in [2.05, 4.69) is 17.6 Å². The quantitative estimate of drug-likeness (QED) is 0.778. The Bertz CT molecular complexity index is 451.